The maximum absolute atomic E-state index is 14.1. The Labute approximate surface area is 261 Å². The van der Waals surface area contributed by atoms with Crippen LogP contribution in [0.2, 0.25) is 0 Å². The molecule has 40 heavy (non-hydrogen) atoms. The summed E-state index contributed by atoms with van der Waals surface area (Å²) in [4.78, 5) is 32.9. The van der Waals surface area contributed by atoms with Crippen LogP contribution in [0.4, 0.5) is 0 Å². The highest BCUT2D eigenvalue weighted by molar-refractivity contribution is 14.1. The minimum atomic E-state index is -0.737. The number of carbonyl (C=O) groups is 1. The number of halogens is 2. The van der Waals surface area contributed by atoms with E-state index < -0.39 is 12.0 Å². The van der Waals surface area contributed by atoms with Crippen LogP contribution < -0.4 is 19.6 Å². The average molecular weight is 773 g/mol. The zero-order valence-corrected chi connectivity index (χ0v) is 26.3. The molecule has 0 unspecified atom stereocenters. The Kier molecular flexibility index (Phi) is 8.82. The fourth-order valence-electron chi connectivity index (χ4n) is 4.48. The molecule has 1 aliphatic rings. The summed E-state index contributed by atoms with van der Waals surface area (Å²) in [5.41, 5.74) is 2.70. The lowest BCUT2D eigenvalue weighted by Gasteiger charge is -2.25. The van der Waals surface area contributed by atoms with Crippen molar-refractivity contribution in [2.24, 2.45) is 4.99 Å². The van der Waals surface area contributed by atoms with Gasteiger partial charge in [0.2, 0.25) is 0 Å². The zero-order valence-electron chi connectivity index (χ0n) is 21.1. The molecule has 0 spiro atoms. The molecule has 0 aliphatic carbocycles. The quantitative estimate of drug-likeness (QED) is 0.194. The highest BCUT2D eigenvalue weighted by Gasteiger charge is 2.35. The molecule has 3 aromatic carbocycles. The molecule has 4 aromatic rings. The maximum Gasteiger partial charge on any atom is 0.338 e. The van der Waals surface area contributed by atoms with Gasteiger partial charge in [-0.15, -0.1) is 0 Å². The van der Waals surface area contributed by atoms with Crippen LogP contribution in [-0.2, 0) is 9.53 Å². The minimum Gasteiger partial charge on any atom is -0.477 e. The number of carbonyl (C=O) groups excluding carboxylic acids is 1. The first-order chi connectivity index (χ1) is 19.4. The molecule has 0 amide bonds. The van der Waals surface area contributed by atoms with Crippen molar-refractivity contribution in [1.82, 2.24) is 4.57 Å². The molecule has 0 bridgehead atoms. The molecule has 0 fully saturated rings. The molecular formula is C30H21I2N3O4S. The van der Waals surface area contributed by atoms with Gasteiger partial charge < -0.3 is 9.47 Å². The smallest absolute Gasteiger partial charge is 0.338 e. The summed E-state index contributed by atoms with van der Waals surface area (Å²) in [6.45, 7) is 1.82. The van der Waals surface area contributed by atoms with E-state index in [1.165, 1.54) is 11.3 Å². The SMILES string of the molecule is CCOC(=O)C1=C(c2ccccc2)N=c2s/c(=C\c3cc(I)cc(I)c3OCC#N)c(=O)n2[C@H]1c1ccccc1. The number of hydrogen-bond acceptors (Lipinski definition) is 7. The lowest BCUT2D eigenvalue weighted by atomic mass is 9.93. The summed E-state index contributed by atoms with van der Waals surface area (Å²) in [6, 6.07) is 24.0. The van der Waals surface area contributed by atoms with Gasteiger partial charge in [0.05, 0.1) is 32.0 Å². The number of thiazole rings is 1. The van der Waals surface area contributed by atoms with E-state index in [1.807, 2.05) is 78.9 Å². The fraction of sp³-hybridized carbons (Fsp3) is 0.133. The number of aromatic nitrogens is 1. The van der Waals surface area contributed by atoms with Crippen molar-refractivity contribution < 1.29 is 14.3 Å². The van der Waals surface area contributed by atoms with Crippen molar-refractivity contribution in [1.29, 1.82) is 5.26 Å². The van der Waals surface area contributed by atoms with Crippen LogP contribution in [0.25, 0.3) is 11.8 Å². The second kappa shape index (κ2) is 12.5. The topological polar surface area (TPSA) is 93.7 Å². The Morgan fingerprint density at radius 3 is 2.50 bits per heavy atom. The van der Waals surface area contributed by atoms with Crippen LogP contribution in [0.5, 0.6) is 5.75 Å². The molecule has 0 N–H and O–H groups in total. The van der Waals surface area contributed by atoms with Crippen molar-refractivity contribution in [3.63, 3.8) is 0 Å². The van der Waals surface area contributed by atoms with Gasteiger partial charge in [-0.2, -0.15) is 5.26 Å². The molecule has 5 rings (SSSR count). The van der Waals surface area contributed by atoms with Crippen molar-refractivity contribution >= 4 is 74.3 Å². The molecule has 200 valence electrons. The summed E-state index contributed by atoms with van der Waals surface area (Å²) in [5.74, 6) is 0.0118. The van der Waals surface area contributed by atoms with Gasteiger partial charge >= 0.3 is 5.97 Å². The second-order valence-electron chi connectivity index (χ2n) is 8.59. The van der Waals surface area contributed by atoms with Crippen molar-refractivity contribution in [2.75, 3.05) is 13.2 Å². The first-order valence-electron chi connectivity index (χ1n) is 12.2. The third-order valence-corrected chi connectivity index (χ3v) is 8.50. The molecule has 7 nitrogen and oxygen atoms in total. The van der Waals surface area contributed by atoms with Crippen molar-refractivity contribution in [3.05, 3.63) is 122 Å². The summed E-state index contributed by atoms with van der Waals surface area (Å²) in [5, 5.41) is 9.08. The number of ether oxygens (including phenoxy) is 2. The Bertz CT molecular complexity index is 1840. The molecule has 2 heterocycles. The number of nitriles is 1. The van der Waals surface area contributed by atoms with E-state index in [4.69, 9.17) is 19.7 Å². The normalized spacial score (nSPS) is 14.8. The molecule has 10 heteroatoms. The number of hydrogen-bond donors (Lipinski definition) is 0. The van der Waals surface area contributed by atoms with Gasteiger partial charge in [0, 0.05) is 14.7 Å². The van der Waals surface area contributed by atoms with Crippen LogP contribution in [-0.4, -0.2) is 23.8 Å². The van der Waals surface area contributed by atoms with E-state index in [-0.39, 0.29) is 18.8 Å². The van der Waals surface area contributed by atoms with Crippen molar-refractivity contribution in [2.45, 2.75) is 13.0 Å². The van der Waals surface area contributed by atoms with Gasteiger partial charge in [0.15, 0.2) is 11.4 Å². The predicted octanol–water partition coefficient (Wildman–Crippen LogP) is 5.05. The van der Waals surface area contributed by atoms with E-state index in [1.54, 1.807) is 17.6 Å². The zero-order chi connectivity index (χ0) is 28.2. The highest BCUT2D eigenvalue weighted by atomic mass is 127. The first-order valence-corrected chi connectivity index (χ1v) is 15.2. The van der Waals surface area contributed by atoms with Crippen LogP contribution in [0.15, 0.2) is 88.2 Å². The molecule has 0 saturated heterocycles. The van der Waals surface area contributed by atoms with Crippen LogP contribution in [0.3, 0.4) is 0 Å². The average Bonchev–Trinajstić information content (AvgIpc) is 3.27. The van der Waals surface area contributed by atoms with Crippen molar-refractivity contribution in [3.8, 4) is 11.8 Å². The van der Waals surface area contributed by atoms with E-state index in [0.717, 1.165) is 18.3 Å². The number of esters is 1. The van der Waals surface area contributed by atoms with E-state index in [0.29, 0.717) is 31.9 Å². The highest BCUT2D eigenvalue weighted by Crippen LogP contribution is 2.35. The Morgan fingerprint density at radius 2 is 1.82 bits per heavy atom. The Morgan fingerprint density at radius 1 is 1.12 bits per heavy atom. The van der Waals surface area contributed by atoms with Crippen LogP contribution in [0, 0.1) is 18.5 Å². The summed E-state index contributed by atoms with van der Waals surface area (Å²) < 4.78 is 15.0. The summed E-state index contributed by atoms with van der Waals surface area (Å²) in [7, 11) is 0. The fourth-order valence-corrected chi connectivity index (χ4v) is 7.51. The standard InChI is InChI=1S/C30H21I2N3O4S/c1-2-38-29(37)24-25(18-9-5-3-6-10-18)34-30-35(26(24)19-11-7-4-8-12-19)28(36)23(40-30)16-20-15-21(31)17-22(32)27(20)39-14-13-33/h3-12,15-17,26H,2,14H2,1H3/b23-16-/t26-/m0/s1. The van der Waals surface area contributed by atoms with E-state index in [2.05, 4.69) is 45.2 Å². The molecule has 0 saturated carbocycles. The van der Waals surface area contributed by atoms with Gasteiger partial charge in [0.1, 0.15) is 11.8 Å². The first kappa shape index (κ1) is 28.3. The van der Waals surface area contributed by atoms with Gasteiger partial charge in [-0.1, -0.05) is 72.0 Å². The van der Waals surface area contributed by atoms with E-state index >= 15 is 0 Å². The Balaban J connectivity index is 1.82. The number of rotatable bonds is 7. The van der Waals surface area contributed by atoms with Crippen LogP contribution >= 0.6 is 56.5 Å². The largest absolute Gasteiger partial charge is 0.477 e. The van der Waals surface area contributed by atoms with Gasteiger partial charge in [0.25, 0.3) is 5.56 Å². The molecule has 1 atom stereocenters. The second-order valence-corrected chi connectivity index (χ2v) is 12.0. The summed E-state index contributed by atoms with van der Waals surface area (Å²) >= 11 is 5.61. The molecular weight excluding hydrogens is 752 g/mol. The van der Waals surface area contributed by atoms with E-state index in [9.17, 15) is 9.59 Å². The maximum atomic E-state index is 14.1. The molecule has 0 radical (unpaired) electrons. The minimum absolute atomic E-state index is 0.115. The predicted molar refractivity (Wildman–Crippen MR) is 170 cm³/mol. The van der Waals surface area contributed by atoms with Gasteiger partial charge in [-0.05, 0) is 75.9 Å². The number of fused-ring (bicyclic) bond motifs is 1. The van der Waals surface area contributed by atoms with Gasteiger partial charge in [-0.3, -0.25) is 9.36 Å². The monoisotopic (exact) mass is 773 g/mol. The lowest BCUT2D eigenvalue weighted by molar-refractivity contribution is -0.138. The lowest BCUT2D eigenvalue weighted by Crippen LogP contribution is -2.40. The van der Waals surface area contributed by atoms with Gasteiger partial charge in [-0.25, -0.2) is 9.79 Å². The summed E-state index contributed by atoms with van der Waals surface area (Å²) in [6.07, 6.45) is 1.76. The number of nitrogens with zero attached hydrogens (tertiary/aromatic N) is 3. The molecule has 1 aliphatic heterocycles. The third-order valence-electron chi connectivity index (χ3n) is 6.09. The Hall–Kier alpha value is -3.28. The molecule has 1 aromatic heterocycles. The number of benzene rings is 3. The third kappa shape index (κ3) is 5.63. The van der Waals surface area contributed by atoms with Crippen LogP contribution in [0.1, 0.15) is 29.7 Å².